The first-order chi connectivity index (χ1) is 1.91. The summed E-state index contributed by atoms with van der Waals surface area (Å²) in [5.74, 6) is 0. The van der Waals surface area contributed by atoms with Gasteiger partial charge in [0.25, 0.3) is 0 Å². The van der Waals surface area contributed by atoms with Gasteiger partial charge in [0.15, 0.2) is 0 Å². The van der Waals surface area contributed by atoms with Crippen molar-refractivity contribution in [2.75, 3.05) is 7.05 Å². The zero-order chi connectivity index (χ0) is 3.41. The van der Waals surface area contributed by atoms with Gasteiger partial charge in [-0.1, -0.05) is 0 Å². The van der Waals surface area contributed by atoms with E-state index in [0.717, 1.165) is 0 Å². The molecule has 4 heavy (non-hydrogen) atoms. The van der Waals surface area contributed by atoms with Gasteiger partial charge in [-0.2, -0.15) is 0 Å². The summed E-state index contributed by atoms with van der Waals surface area (Å²) in [6.07, 6.45) is 6.09. The predicted octanol–water partition coefficient (Wildman–Crippen LogP) is -0.247. The summed E-state index contributed by atoms with van der Waals surface area (Å²) in [5.41, 5.74) is 0. The molecule has 0 heterocycles. The van der Waals surface area contributed by atoms with Crippen LogP contribution < -0.4 is 5.32 Å². The minimum absolute atomic E-state index is 1.63. The highest BCUT2D eigenvalue weighted by molar-refractivity contribution is 4.64. The molecule has 1 radical (unpaired) electrons. The van der Waals surface area contributed by atoms with Crippen molar-refractivity contribution in [3.05, 3.63) is 6.42 Å². The third kappa shape index (κ3) is 1.36. The lowest BCUT2D eigenvalue weighted by molar-refractivity contribution is 1.16. The van der Waals surface area contributed by atoms with Crippen molar-refractivity contribution in [2.24, 2.45) is 0 Å². The van der Waals surface area contributed by atoms with Crippen LogP contribution in [0.15, 0.2) is 0 Å². The van der Waals surface area contributed by atoms with Gasteiger partial charge in [0, 0.05) is 19.5 Å². The normalized spacial score (nSPS) is 4.00. The minimum atomic E-state index is 1.63. The fraction of sp³-hybridized carbons (Fsp3) is 0.333. The first kappa shape index (κ1) is 3.36. The predicted molar refractivity (Wildman–Crippen MR) is 16.2 cm³/mol. The Morgan fingerprint density at radius 3 is 2.25 bits per heavy atom. The Labute approximate surface area is 26.0 Å². The maximum atomic E-state index is 6.09. The summed E-state index contributed by atoms with van der Waals surface area (Å²) in [7, 11) is 1.63. The van der Waals surface area contributed by atoms with Crippen LogP contribution in [0.1, 0.15) is 0 Å². The average molecular weight is 54.1 g/mol. The maximum absolute atomic E-state index is 6.09. The van der Waals surface area contributed by atoms with E-state index in [-0.39, 0.29) is 0 Å². The van der Waals surface area contributed by atoms with Crippen LogP contribution in [0.3, 0.4) is 0 Å². The molecule has 0 aromatic heterocycles. The highest BCUT2D eigenvalue weighted by Gasteiger charge is 1.34. The smallest absolute Gasteiger partial charge is 0.0186 e. The summed E-state index contributed by atoms with van der Waals surface area (Å²) in [4.78, 5) is 0. The number of hydrogen-bond donors (Lipinski definition) is 1. The van der Waals surface area contributed by atoms with Crippen LogP contribution in [-0.2, 0) is 0 Å². The van der Waals surface area contributed by atoms with Gasteiger partial charge < -0.3 is 5.32 Å². The van der Waals surface area contributed by atoms with E-state index in [0.29, 0.717) is 0 Å². The molecule has 0 aliphatic heterocycles. The topological polar surface area (TPSA) is 12.0 Å². The highest BCUT2D eigenvalue weighted by Crippen LogP contribution is 1.17. The van der Waals surface area contributed by atoms with Gasteiger partial charge in [-0.3, -0.25) is 0 Å². The number of nitrogens with one attached hydrogen (secondary N) is 1. The second kappa shape index (κ2) is 2.36. The lowest BCUT2D eigenvalue weighted by Crippen LogP contribution is -1.89. The molecule has 21 valence electrons. The van der Waals surface area contributed by atoms with Gasteiger partial charge in [0.05, 0.1) is 0 Å². The Hall–Kier alpha value is -0.640. The van der Waals surface area contributed by atoms with Crippen molar-refractivity contribution < 1.29 is 0 Å². The molecule has 0 bridgehead atoms. The molecule has 0 aromatic rings. The van der Waals surface area contributed by atoms with Gasteiger partial charge in [-0.05, 0) is 0 Å². The Kier molecular flexibility index (Phi) is 1.98. The first-order valence-corrected chi connectivity index (χ1v) is 1.00. The van der Waals surface area contributed by atoms with E-state index >= 15 is 0 Å². The van der Waals surface area contributed by atoms with Gasteiger partial charge in [-0.15, -0.1) is 0 Å². The average Bonchev–Trinajstić information content (AvgIpc) is 1.37. The molecular weight excluding hydrogens is 50.0 g/mol. The van der Waals surface area contributed by atoms with Crippen molar-refractivity contribution in [3.8, 4) is 6.04 Å². The van der Waals surface area contributed by atoms with Crippen molar-refractivity contribution >= 4 is 0 Å². The molecule has 0 amide bonds. The molecule has 0 unspecified atom stereocenters. The van der Waals surface area contributed by atoms with E-state index < -0.39 is 0 Å². The number of hydrogen-bond acceptors (Lipinski definition) is 1. The Balaban J connectivity index is 2.43. The summed E-state index contributed by atoms with van der Waals surface area (Å²) in [6, 6.07) is 1.93. The van der Waals surface area contributed by atoms with Crippen molar-refractivity contribution in [2.45, 2.75) is 0 Å². The van der Waals surface area contributed by atoms with Gasteiger partial charge in [0.2, 0.25) is 0 Å². The lowest BCUT2D eigenvalue weighted by Gasteiger charge is -1.64. The summed E-state index contributed by atoms with van der Waals surface area (Å²) >= 11 is 0. The molecule has 1 nitrogen and oxygen atoms in total. The molecule has 0 fully saturated rings. The monoisotopic (exact) mass is 54.0 g/mol. The fourth-order valence-electron chi connectivity index (χ4n) is 0. The van der Waals surface area contributed by atoms with Crippen LogP contribution in [-0.4, -0.2) is 7.05 Å². The molecular formula is C3H4N. The van der Waals surface area contributed by atoms with Gasteiger partial charge >= 0.3 is 0 Å². The first-order valence-electron chi connectivity index (χ1n) is 1.00. The molecule has 0 aromatic carbocycles. The lowest BCUT2D eigenvalue weighted by atomic mass is 11.1. The van der Waals surface area contributed by atoms with Gasteiger partial charge in [0.1, 0.15) is 0 Å². The molecule has 0 atom stereocenters. The van der Waals surface area contributed by atoms with Crippen molar-refractivity contribution in [3.63, 3.8) is 0 Å². The Morgan fingerprint density at radius 2 is 2.25 bits per heavy atom. The SMILES string of the molecule is [C]#CNC. The third-order valence-electron chi connectivity index (χ3n) is 0.125. The Bertz CT molecular complexity index is 33.0. The van der Waals surface area contributed by atoms with E-state index in [2.05, 4.69) is 5.32 Å². The summed E-state index contributed by atoms with van der Waals surface area (Å²) in [6.45, 7) is 0. The molecule has 0 rings (SSSR count). The summed E-state index contributed by atoms with van der Waals surface area (Å²) < 4.78 is 0. The molecule has 0 aliphatic rings. The van der Waals surface area contributed by atoms with Gasteiger partial charge in [-0.25, -0.2) is 0 Å². The van der Waals surface area contributed by atoms with Crippen LogP contribution in [0.25, 0.3) is 0 Å². The maximum Gasteiger partial charge on any atom is 0.0186 e. The van der Waals surface area contributed by atoms with Crippen LogP contribution in [0.2, 0.25) is 0 Å². The van der Waals surface area contributed by atoms with E-state index in [1.807, 2.05) is 6.04 Å². The fourth-order valence-corrected chi connectivity index (χ4v) is 0. The molecule has 0 aliphatic carbocycles. The molecule has 0 saturated heterocycles. The second-order valence-corrected chi connectivity index (χ2v) is 0.375. The van der Waals surface area contributed by atoms with Crippen LogP contribution >= 0.6 is 0 Å². The zero-order valence-electron chi connectivity index (χ0n) is 2.50. The van der Waals surface area contributed by atoms with Crippen LogP contribution in [0, 0.1) is 12.5 Å². The van der Waals surface area contributed by atoms with E-state index in [9.17, 15) is 0 Å². The van der Waals surface area contributed by atoms with E-state index in [4.69, 9.17) is 6.42 Å². The Morgan fingerprint density at radius 1 is 2.00 bits per heavy atom. The third-order valence-corrected chi connectivity index (χ3v) is 0.125. The summed E-state index contributed by atoms with van der Waals surface area (Å²) in [5, 5.41) is 2.35. The standard InChI is InChI=1S/C3H4N/c1-3-4-2/h4H,2H3. The second-order valence-electron chi connectivity index (χ2n) is 0.375. The van der Waals surface area contributed by atoms with Crippen LogP contribution in [0.4, 0.5) is 0 Å². The molecule has 1 heteroatoms. The molecule has 0 spiro atoms. The quantitative estimate of drug-likeness (QED) is 0.297. The van der Waals surface area contributed by atoms with Crippen molar-refractivity contribution in [1.82, 2.24) is 5.32 Å². The largest absolute Gasteiger partial charge is 0.348 e. The highest BCUT2D eigenvalue weighted by atomic mass is 14.8. The number of rotatable bonds is 0. The van der Waals surface area contributed by atoms with Crippen molar-refractivity contribution in [1.29, 1.82) is 0 Å². The molecule has 1 N–H and O–H groups in total. The molecule has 0 saturated carbocycles. The van der Waals surface area contributed by atoms with Crippen LogP contribution in [0.5, 0.6) is 0 Å². The minimum Gasteiger partial charge on any atom is -0.348 e. The zero-order valence-corrected chi connectivity index (χ0v) is 2.50. The van der Waals surface area contributed by atoms with E-state index in [1.165, 1.54) is 0 Å². The van der Waals surface area contributed by atoms with E-state index in [1.54, 1.807) is 7.05 Å².